The fraction of sp³-hybridized carbons (Fsp3) is 0.409. The Labute approximate surface area is 159 Å². The molecule has 0 saturated carbocycles. The van der Waals surface area contributed by atoms with Crippen LogP contribution in [-0.4, -0.2) is 32.0 Å². The first kappa shape index (κ1) is 17.9. The van der Waals surface area contributed by atoms with Gasteiger partial charge in [-0.1, -0.05) is 29.4 Å². The van der Waals surface area contributed by atoms with Crippen LogP contribution in [0, 0.1) is 0 Å². The molecule has 0 aliphatic carbocycles. The number of ether oxygens (including phenoxy) is 2. The Bertz CT molecular complexity index is 884. The van der Waals surface area contributed by atoms with Crippen molar-refractivity contribution in [1.29, 1.82) is 0 Å². The average molecular weight is 366 g/mol. The summed E-state index contributed by atoms with van der Waals surface area (Å²) >= 11 is 0. The summed E-state index contributed by atoms with van der Waals surface area (Å²) in [5.74, 6) is 2.12. The number of aromatic nitrogens is 1. The zero-order valence-electron chi connectivity index (χ0n) is 15.7. The van der Waals surface area contributed by atoms with Gasteiger partial charge in [0.15, 0.2) is 17.1 Å². The molecule has 0 radical (unpaired) electrons. The van der Waals surface area contributed by atoms with E-state index in [2.05, 4.69) is 22.6 Å². The van der Waals surface area contributed by atoms with Gasteiger partial charge in [-0.3, -0.25) is 0 Å². The molecule has 1 fully saturated rings. The van der Waals surface area contributed by atoms with Crippen molar-refractivity contribution in [3.63, 3.8) is 0 Å². The molecule has 4 rings (SSSR count). The number of nitrogens with zero attached hydrogens (tertiary/aromatic N) is 1. The SMILES string of the molecule is COc1ccccc1OCCCc1noc2cccc(C3CCNCC3)c12. The maximum atomic E-state index is 5.89. The third-order valence-corrected chi connectivity index (χ3v) is 5.26. The zero-order valence-corrected chi connectivity index (χ0v) is 15.7. The van der Waals surface area contributed by atoms with Gasteiger partial charge < -0.3 is 19.3 Å². The zero-order chi connectivity index (χ0) is 18.5. The molecular weight excluding hydrogens is 340 g/mol. The first-order valence-electron chi connectivity index (χ1n) is 9.70. The smallest absolute Gasteiger partial charge is 0.167 e. The number of methoxy groups -OCH3 is 1. The minimum Gasteiger partial charge on any atom is -0.493 e. The molecule has 0 bridgehead atoms. The molecule has 1 saturated heterocycles. The van der Waals surface area contributed by atoms with Crippen molar-refractivity contribution >= 4 is 11.0 Å². The number of fused-ring (bicyclic) bond motifs is 1. The fourth-order valence-corrected chi connectivity index (χ4v) is 3.89. The molecule has 1 aliphatic rings. The van der Waals surface area contributed by atoms with E-state index in [1.807, 2.05) is 30.3 Å². The minimum atomic E-state index is 0.581. The van der Waals surface area contributed by atoms with E-state index in [1.54, 1.807) is 7.11 Å². The van der Waals surface area contributed by atoms with E-state index < -0.39 is 0 Å². The van der Waals surface area contributed by atoms with E-state index in [-0.39, 0.29) is 0 Å². The maximum Gasteiger partial charge on any atom is 0.167 e. The highest BCUT2D eigenvalue weighted by molar-refractivity contribution is 5.83. The van der Waals surface area contributed by atoms with Crippen LogP contribution in [0.2, 0.25) is 0 Å². The van der Waals surface area contributed by atoms with Crippen LogP contribution < -0.4 is 14.8 Å². The number of nitrogens with one attached hydrogen (secondary N) is 1. The van der Waals surface area contributed by atoms with Crippen LogP contribution in [0.3, 0.4) is 0 Å². The number of benzene rings is 2. The predicted octanol–water partition coefficient (Wildman–Crippen LogP) is 4.32. The molecule has 2 aromatic carbocycles. The number of hydrogen-bond acceptors (Lipinski definition) is 5. The van der Waals surface area contributed by atoms with E-state index in [4.69, 9.17) is 14.0 Å². The van der Waals surface area contributed by atoms with Gasteiger partial charge in [-0.25, -0.2) is 0 Å². The van der Waals surface area contributed by atoms with Crippen LogP contribution >= 0.6 is 0 Å². The van der Waals surface area contributed by atoms with Crippen molar-refractivity contribution in [2.45, 2.75) is 31.6 Å². The molecule has 142 valence electrons. The van der Waals surface area contributed by atoms with E-state index in [0.29, 0.717) is 12.5 Å². The maximum absolute atomic E-state index is 5.89. The molecule has 27 heavy (non-hydrogen) atoms. The summed E-state index contributed by atoms with van der Waals surface area (Å²) in [7, 11) is 1.66. The number of hydrogen-bond donors (Lipinski definition) is 1. The van der Waals surface area contributed by atoms with Crippen molar-refractivity contribution < 1.29 is 14.0 Å². The van der Waals surface area contributed by atoms with E-state index in [1.165, 1.54) is 23.8 Å². The van der Waals surface area contributed by atoms with Crippen molar-refractivity contribution in [1.82, 2.24) is 10.5 Å². The van der Waals surface area contributed by atoms with E-state index >= 15 is 0 Å². The lowest BCUT2D eigenvalue weighted by molar-refractivity contribution is 0.288. The molecule has 0 unspecified atom stereocenters. The third kappa shape index (κ3) is 3.93. The molecule has 2 heterocycles. The highest BCUT2D eigenvalue weighted by Gasteiger charge is 2.21. The highest BCUT2D eigenvalue weighted by atomic mass is 16.5. The molecule has 1 N–H and O–H groups in total. The Kier molecular flexibility index (Phi) is 5.58. The molecule has 0 amide bonds. The van der Waals surface area contributed by atoms with Gasteiger partial charge in [0, 0.05) is 5.39 Å². The first-order valence-corrected chi connectivity index (χ1v) is 9.70. The van der Waals surface area contributed by atoms with Crippen molar-refractivity contribution in [3.05, 3.63) is 53.7 Å². The van der Waals surface area contributed by atoms with Crippen LogP contribution in [0.25, 0.3) is 11.0 Å². The Balaban J connectivity index is 1.44. The predicted molar refractivity (Wildman–Crippen MR) is 106 cm³/mol. The highest BCUT2D eigenvalue weighted by Crippen LogP contribution is 2.34. The second kappa shape index (κ2) is 8.44. The summed E-state index contributed by atoms with van der Waals surface area (Å²) in [6.45, 7) is 2.77. The topological polar surface area (TPSA) is 56.5 Å². The molecular formula is C22H26N2O3. The van der Waals surface area contributed by atoms with Crippen LogP contribution in [0.1, 0.15) is 36.4 Å². The minimum absolute atomic E-state index is 0.581. The Hall–Kier alpha value is -2.53. The van der Waals surface area contributed by atoms with Crippen LogP contribution in [0.5, 0.6) is 11.5 Å². The quantitative estimate of drug-likeness (QED) is 0.631. The van der Waals surface area contributed by atoms with Gasteiger partial charge in [-0.15, -0.1) is 0 Å². The summed E-state index contributed by atoms with van der Waals surface area (Å²) in [5.41, 5.74) is 3.32. The molecule has 5 nitrogen and oxygen atoms in total. The van der Waals surface area contributed by atoms with Gasteiger partial charge in [-0.2, -0.15) is 0 Å². The Morgan fingerprint density at radius 3 is 2.70 bits per heavy atom. The summed E-state index contributed by atoms with van der Waals surface area (Å²) in [4.78, 5) is 0. The fourth-order valence-electron chi connectivity index (χ4n) is 3.89. The lowest BCUT2D eigenvalue weighted by Gasteiger charge is -2.23. The third-order valence-electron chi connectivity index (χ3n) is 5.26. The van der Waals surface area contributed by atoms with E-state index in [9.17, 15) is 0 Å². The second-order valence-electron chi connectivity index (χ2n) is 6.98. The summed E-state index contributed by atoms with van der Waals surface area (Å²) in [6, 6.07) is 14.1. The lowest BCUT2D eigenvalue weighted by atomic mass is 9.87. The number of aryl methyl sites for hydroxylation is 1. The van der Waals surface area contributed by atoms with Gasteiger partial charge in [0.2, 0.25) is 0 Å². The first-order chi connectivity index (χ1) is 13.4. The van der Waals surface area contributed by atoms with E-state index in [0.717, 1.165) is 48.7 Å². The molecule has 1 aromatic heterocycles. The van der Waals surface area contributed by atoms with Crippen molar-refractivity contribution in [3.8, 4) is 11.5 Å². The van der Waals surface area contributed by atoms with Gasteiger partial charge in [0.05, 0.1) is 19.4 Å². The normalized spacial score (nSPS) is 15.1. The number of rotatable bonds is 7. The molecule has 1 aliphatic heterocycles. The molecule has 0 spiro atoms. The van der Waals surface area contributed by atoms with Gasteiger partial charge in [0.1, 0.15) is 0 Å². The second-order valence-corrected chi connectivity index (χ2v) is 6.98. The monoisotopic (exact) mass is 366 g/mol. The summed E-state index contributed by atoms with van der Waals surface area (Å²) < 4.78 is 16.8. The van der Waals surface area contributed by atoms with Crippen molar-refractivity contribution in [2.75, 3.05) is 26.8 Å². The molecule has 3 aromatic rings. The summed E-state index contributed by atoms with van der Waals surface area (Å²) in [6.07, 6.45) is 4.05. The summed E-state index contributed by atoms with van der Waals surface area (Å²) in [5, 5.41) is 9.01. The number of piperidine rings is 1. The van der Waals surface area contributed by atoms with Crippen LogP contribution in [0.15, 0.2) is 47.0 Å². The van der Waals surface area contributed by atoms with Gasteiger partial charge >= 0.3 is 0 Å². The van der Waals surface area contributed by atoms with Crippen LogP contribution in [-0.2, 0) is 6.42 Å². The van der Waals surface area contributed by atoms with Crippen molar-refractivity contribution in [2.24, 2.45) is 0 Å². The number of para-hydroxylation sites is 2. The van der Waals surface area contributed by atoms with Gasteiger partial charge in [0.25, 0.3) is 0 Å². The van der Waals surface area contributed by atoms with Crippen LogP contribution in [0.4, 0.5) is 0 Å². The largest absolute Gasteiger partial charge is 0.493 e. The lowest BCUT2D eigenvalue weighted by Crippen LogP contribution is -2.26. The standard InChI is InChI=1S/C22H26N2O3/c1-25-19-8-2-3-9-20(19)26-15-5-7-18-22-17(16-11-13-23-14-12-16)6-4-10-21(22)27-24-18/h2-4,6,8-10,16,23H,5,7,11-15H2,1H3. The van der Waals surface area contributed by atoms with Gasteiger partial charge in [-0.05, 0) is 68.5 Å². The Morgan fingerprint density at radius 2 is 1.89 bits per heavy atom. The molecule has 0 atom stereocenters. The Morgan fingerprint density at radius 1 is 1.07 bits per heavy atom. The average Bonchev–Trinajstić information content (AvgIpc) is 3.15. The molecule has 5 heteroatoms.